The van der Waals surface area contributed by atoms with Crippen molar-refractivity contribution in [3.05, 3.63) is 22.7 Å². The van der Waals surface area contributed by atoms with E-state index in [9.17, 15) is 29.7 Å². The van der Waals surface area contributed by atoms with E-state index in [0.29, 0.717) is 24.9 Å². The van der Waals surface area contributed by atoms with Gasteiger partial charge in [-0.2, -0.15) is 4.98 Å². The maximum Gasteiger partial charge on any atom is 0.349 e. The van der Waals surface area contributed by atoms with Crippen LogP contribution in [0, 0.1) is 5.92 Å². The molecule has 1 aliphatic rings. The molecule has 0 amide bonds. The molecule has 0 aliphatic heterocycles. The molecule has 12 heteroatoms. The average molecular weight is 467 g/mol. The van der Waals surface area contributed by atoms with Crippen LogP contribution in [0.1, 0.15) is 18.9 Å². The van der Waals surface area contributed by atoms with Gasteiger partial charge in [0.05, 0.1) is 18.0 Å². The van der Waals surface area contributed by atoms with Crippen LogP contribution in [0.5, 0.6) is 0 Å². The normalized spacial score (nSPS) is 29.3. The molecule has 1 saturated carbocycles. The number of nitrogens with two attached hydrogens (primary N) is 1. The summed E-state index contributed by atoms with van der Waals surface area (Å²) in [6.07, 6.45) is 12.3. The molecule has 6 atom stereocenters. The van der Waals surface area contributed by atoms with Crippen LogP contribution < -0.4 is 11.4 Å². The minimum absolute atomic E-state index is 0.0944. The quantitative estimate of drug-likeness (QED) is 0.294. The fourth-order valence-electron chi connectivity index (χ4n) is 3.99. The predicted octanol–water partition coefficient (Wildman–Crippen LogP) is 0.114. The molecule has 1 aromatic rings. The Hall–Kier alpha value is -0.620. The minimum atomic E-state index is -3.37. The standard InChI is InChI=1S/C17H32N3O6P3/c1-27(2,10-28(3,24)11-29(4,25)26)8-6-12-9-13(16(22)15(12)21)20-7-5-14(18)19-17(20)23/h5,7,12-13,15-16,21-22,24-26H,1,3-4,6,8-11H2,2H3,(H2,18,19,23)/t12-,13+,15?,16+,27?,28?/m0/s1. The van der Waals surface area contributed by atoms with Gasteiger partial charge in [-0.15, -0.1) is 13.2 Å². The Balaban J connectivity index is 2.05. The first-order valence-corrected chi connectivity index (χ1v) is 16.3. The maximum absolute atomic E-state index is 12.1. The number of nitrogen functional groups attached to an aromatic ring is 1. The van der Waals surface area contributed by atoms with Crippen LogP contribution in [0.2, 0.25) is 0 Å². The molecule has 1 aromatic heterocycles. The molecular formula is C17H32N3O6P3. The number of hydrogen-bond donors (Lipinski definition) is 6. The zero-order chi connectivity index (χ0) is 22.2. The first-order chi connectivity index (χ1) is 13.1. The van der Waals surface area contributed by atoms with Gasteiger partial charge < -0.3 is 30.6 Å². The number of aliphatic hydroxyl groups is 2. The molecule has 0 bridgehead atoms. The van der Waals surface area contributed by atoms with Gasteiger partial charge in [-0.1, -0.05) is 12.6 Å². The van der Waals surface area contributed by atoms with Crippen LogP contribution in [-0.4, -0.2) is 90.2 Å². The second kappa shape index (κ2) is 8.86. The van der Waals surface area contributed by atoms with Gasteiger partial charge in [-0.25, -0.2) is 4.79 Å². The number of hydrogen-bond acceptors (Lipinski definition) is 8. The lowest BCUT2D eigenvalue weighted by Gasteiger charge is -2.29. The van der Waals surface area contributed by atoms with Gasteiger partial charge in [-0.05, 0) is 37.7 Å². The summed E-state index contributed by atoms with van der Waals surface area (Å²) in [5, 5.41) is 20.9. The Morgan fingerprint density at radius 3 is 2.38 bits per heavy atom. The lowest BCUT2D eigenvalue weighted by atomic mass is 10.0. The molecule has 29 heavy (non-hydrogen) atoms. The van der Waals surface area contributed by atoms with E-state index >= 15 is 0 Å². The van der Waals surface area contributed by atoms with Crippen LogP contribution in [0.4, 0.5) is 5.82 Å². The van der Waals surface area contributed by atoms with E-state index in [2.05, 4.69) is 23.9 Å². The lowest BCUT2D eigenvalue weighted by Crippen LogP contribution is -2.34. The van der Waals surface area contributed by atoms with Crippen LogP contribution in [-0.2, 0) is 0 Å². The topological polar surface area (TPSA) is 162 Å². The van der Waals surface area contributed by atoms with E-state index in [1.165, 1.54) is 16.8 Å². The monoisotopic (exact) mass is 467 g/mol. The van der Waals surface area contributed by atoms with E-state index in [1.54, 1.807) is 0 Å². The van der Waals surface area contributed by atoms with Crippen molar-refractivity contribution in [2.45, 2.75) is 31.1 Å². The molecule has 2 rings (SSSR count). The van der Waals surface area contributed by atoms with Crippen molar-refractivity contribution in [2.24, 2.45) is 5.92 Å². The van der Waals surface area contributed by atoms with E-state index in [4.69, 9.17) is 5.73 Å². The Labute approximate surface area is 171 Å². The van der Waals surface area contributed by atoms with Crippen molar-refractivity contribution in [3.8, 4) is 0 Å². The summed E-state index contributed by atoms with van der Waals surface area (Å²) in [6.45, 7) is 0.0570. The van der Waals surface area contributed by atoms with E-state index in [0.717, 1.165) is 0 Å². The van der Waals surface area contributed by atoms with E-state index in [1.807, 2.05) is 6.66 Å². The molecular weight excluding hydrogens is 435 g/mol. The molecule has 0 radical (unpaired) electrons. The number of aromatic nitrogens is 2. The van der Waals surface area contributed by atoms with Gasteiger partial charge in [0, 0.05) is 19.2 Å². The van der Waals surface area contributed by atoms with Crippen molar-refractivity contribution in [1.82, 2.24) is 9.55 Å². The average Bonchev–Trinajstić information content (AvgIpc) is 2.78. The smallest absolute Gasteiger partial charge is 0.349 e. The Morgan fingerprint density at radius 2 is 1.83 bits per heavy atom. The van der Waals surface area contributed by atoms with Crippen molar-refractivity contribution >= 4 is 46.1 Å². The summed E-state index contributed by atoms with van der Waals surface area (Å²) < 4.78 is 1.29. The van der Waals surface area contributed by atoms with Crippen LogP contribution >= 0.6 is 21.3 Å². The Bertz CT molecular complexity index is 943. The molecule has 0 saturated heterocycles. The van der Waals surface area contributed by atoms with Crippen LogP contribution in [0.25, 0.3) is 0 Å². The third kappa shape index (κ3) is 6.95. The SMILES string of the molecule is C=P(O)(O)CP(=C)(O)CP(=C)(C)CC[C@H]1C[C@@H](n2ccc(N)nc2=O)[C@@H](O)C1O. The molecule has 1 fully saturated rings. The summed E-state index contributed by atoms with van der Waals surface area (Å²) in [5.41, 5.74) is 4.93. The number of nitrogens with zero attached hydrogens (tertiary/aromatic N) is 2. The molecule has 7 N–H and O–H groups in total. The number of aliphatic hydroxyl groups excluding tert-OH is 2. The molecule has 3 unspecified atom stereocenters. The van der Waals surface area contributed by atoms with Gasteiger partial charge in [0.2, 0.25) is 0 Å². The van der Waals surface area contributed by atoms with Gasteiger partial charge in [-0.3, -0.25) is 4.57 Å². The fourth-order valence-corrected chi connectivity index (χ4v) is 15.1. The summed E-state index contributed by atoms with van der Waals surface area (Å²) in [6, 6.07) is 0.876. The van der Waals surface area contributed by atoms with Crippen LogP contribution in [0.15, 0.2) is 17.1 Å². The number of anilines is 1. The van der Waals surface area contributed by atoms with E-state index in [-0.39, 0.29) is 17.6 Å². The van der Waals surface area contributed by atoms with Crippen molar-refractivity contribution < 1.29 is 24.9 Å². The molecule has 1 aliphatic carbocycles. The van der Waals surface area contributed by atoms with Crippen molar-refractivity contribution in [1.29, 1.82) is 0 Å². The summed E-state index contributed by atoms with van der Waals surface area (Å²) in [4.78, 5) is 45.4. The molecule has 0 aromatic carbocycles. The second-order valence-corrected chi connectivity index (χ2v) is 18.4. The highest BCUT2D eigenvalue weighted by atomic mass is 31.2. The molecule has 166 valence electrons. The van der Waals surface area contributed by atoms with Gasteiger partial charge >= 0.3 is 5.69 Å². The van der Waals surface area contributed by atoms with Crippen molar-refractivity contribution in [2.75, 3.05) is 30.4 Å². The first kappa shape index (κ1) is 24.6. The zero-order valence-electron chi connectivity index (χ0n) is 16.6. The van der Waals surface area contributed by atoms with Crippen LogP contribution in [0.3, 0.4) is 0 Å². The largest absolute Gasteiger partial charge is 0.390 e. The Kier molecular flexibility index (Phi) is 7.53. The maximum atomic E-state index is 12.1. The summed E-state index contributed by atoms with van der Waals surface area (Å²) in [5.74, 6) is -0.0108. The summed E-state index contributed by atoms with van der Waals surface area (Å²) in [7, 11) is -6.17. The highest BCUT2D eigenvalue weighted by Crippen LogP contribution is 2.62. The van der Waals surface area contributed by atoms with Crippen molar-refractivity contribution in [3.63, 3.8) is 0 Å². The van der Waals surface area contributed by atoms with Gasteiger partial charge in [0.25, 0.3) is 0 Å². The summed E-state index contributed by atoms with van der Waals surface area (Å²) >= 11 is 0. The first-order valence-electron chi connectivity index (χ1n) is 9.12. The predicted molar refractivity (Wildman–Crippen MR) is 126 cm³/mol. The third-order valence-electron chi connectivity index (χ3n) is 5.11. The zero-order valence-corrected chi connectivity index (χ0v) is 19.3. The second-order valence-electron chi connectivity index (χ2n) is 8.48. The molecule has 1 heterocycles. The minimum Gasteiger partial charge on any atom is -0.390 e. The molecule has 0 spiro atoms. The van der Waals surface area contributed by atoms with E-state index < -0.39 is 45.3 Å². The fraction of sp³-hybridized carbons (Fsp3) is 0.588. The van der Waals surface area contributed by atoms with Gasteiger partial charge in [0.1, 0.15) is 19.3 Å². The number of rotatable bonds is 8. The lowest BCUT2D eigenvalue weighted by molar-refractivity contribution is 0.00519. The highest BCUT2D eigenvalue weighted by Gasteiger charge is 2.42. The Morgan fingerprint density at radius 1 is 1.21 bits per heavy atom. The van der Waals surface area contributed by atoms with Gasteiger partial charge in [0.15, 0.2) is 0 Å². The third-order valence-corrected chi connectivity index (χ3v) is 15.2. The molecule has 9 nitrogen and oxygen atoms in total. The highest BCUT2D eigenvalue weighted by molar-refractivity contribution is 7.91.